The first-order valence-electron chi connectivity index (χ1n) is 3.87. The van der Waals surface area contributed by atoms with Gasteiger partial charge in [0.2, 0.25) is 5.69 Å². The molecular formula is C8H9ClN2O4. The van der Waals surface area contributed by atoms with Crippen molar-refractivity contribution in [1.29, 1.82) is 0 Å². The largest absolute Gasteiger partial charge is 0.479 e. The lowest BCUT2D eigenvalue weighted by Gasteiger charge is -2.07. The molecule has 7 heteroatoms. The van der Waals surface area contributed by atoms with Crippen molar-refractivity contribution in [2.24, 2.45) is 0 Å². The van der Waals surface area contributed by atoms with Crippen LogP contribution in [0, 0.1) is 0 Å². The van der Waals surface area contributed by atoms with Crippen LogP contribution >= 0.6 is 11.6 Å². The molecule has 0 N–H and O–H groups in total. The summed E-state index contributed by atoms with van der Waals surface area (Å²) in [6.07, 6.45) is 0. The predicted octanol–water partition coefficient (Wildman–Crippen LogP) is 0.934. The van der Waals surface area contributed by atoms with Gasteiger partial charge in [0.1, 0.15) is 0 Å². The summed E-state index contributed by atoms with van der Waals surface area (Å²) < 4.78 is 14.2. The molecule has 0 unspecified atom stereocenters. The van der Waals surface area contributed by atoms with E-state index in [0.717, 1.165) is 0 Å². The summed E-state index contributed by atoms with van der Waals surface area (Å²) in [5.74, 6) is -0.590. The minimum Gasteiger partial charge on any atom is -0.479 e. The van der Waals surface area contributed by atoms with Crippen molar-refractivity contribution in [3.63, 3.8) is 0 Å². The van der Waals surface area contributed by atoms with Gasteiger partial charge in [-0.3, -0.25) is 0 Å². The Labute approximate surface area is 91.1 Å². The zero-order chi connectivity index (χ0) is 11.4. The smallest absolute Gasteiger partial charge is 0.362 e. The Morgan fingerprint density at radius 2 is 1.73 bits per heavy atom. The molecule has 0 radical (unpaired) electrons. The van der Waals surface area contributed by atoms with Crippen molar-refractivity contribution < 1.29 is 19.0 Å². The third-order valence-electron chi connectivity index (χ3n) is 1.56. The Balaban J connectivity index is 3.27. The summed E-state index contributed by atoms with van der Waals surface area (Å²) in [5, 5.41) is -0.0290. The van der Waals surface area contributed by atoms with E-state index in [1.54, 1.807) is 0 Å². The van der Waals surface area contributed by atoms with Crippen LogP contribution in [0.25, 0.3) is 0 Å². The fraction of sp³-hybridized carbons (Fsp3) is 0.375. The Morgan fingerprint density at radius 3 is 2.20 bits per heavy atom. The second-order valence-electron chi connectivity index (χ2n) is 2.37. The Morgan fingerprint density at radius 1 is 1.13 bits per heavy atom. The molecule has 0 saturated carbocycles. The highest BCUT2D eigenvalue weighted by Gasteiger charge is 2.20. The summed E-state index contributed by atoms with van der Waals surface area (Å²) in [5.41, 5.74) is -0.0919. The van der Waals surface area contributed by atoms with Gasteiger partial charge in [0, 0.05) is 0 Å². The van der Waals surface area contributed by atoms with E-state index in [1.807, 2.05) is 0 Å². The fourth-order valence-electron chi connectivity index (χ4n) is 0.887. The van der Waals surface area contributed by atoms with Gasteiger partial charge >= 0.3 is 5.97 Å². The van der Waals surface area contributed by atoms with Crippen LogP contribution in [-0.4, -0.2) is 37.3 Å². The standard InChI is InChI=1S/C8H9ClN2O4/c1-13-6-4(8(12)15-3)10-5(9)7(11-6)14-2/h1-3H3. The zero-order valence-corrected chi connectivity index (χ0v) is 9.16. The Kier molecular flexibility index (Phi) is 3.68. The van der Waals surface area contributed by atoms with Crippen LogP contribution in [0.5, 0.6) is 11.8 Å². The van der Waals surface area contributed by atoms with Crippen LogP contribution in [0.3, 0.4) is 0 Å². The van der Waals surface area contributed by atoms with Crippen LogP contribution in [0.4, 0.5) is 0 Å². The lowest BCUT2D eigenvalue weighted by atomic mass is 10.4. The minimum absolute atomic E-state index is 0.00287. The normalized spacial score (nSPS) is 9.60. The summed E-state index contributed by atoms with van der Waals surface area (Å²) in [4.78, 5) is 18.8. The zero-order valence-electron chi connectivity index (χ0n) is 8.41. The van der Waals surface area contributed by atoms with Crippen molar-refractivity contribution in [2.75, 3.05) is 21.3 Å². The average molecular weight is 233 g/mol. The van der Waals surface area contributed by atoms with E-state index in [4.69, 9.17) is 21.1 Å². The summed E-state index contributed by atoms with van der Waals surface area (Å²) in [6.45, 7) is 0. The van der Waals surface area contributed by atoms with Crippen LogP contribution in [0.1, 0.15) is 10.5 Å². The number of hydrogen-bond acceptors (Lipinski definition) is 6. The lowest BCUT2D eigenvalue weighted by molar-refractivity contribution is 0.0588. The highest BCUT2D eigenvalue weighted by molar-refractivity contribution is 6.30. The highest BCUT2D eigenvalue weighted by atomic mass is 35.5. The van der Waals surface area contributed by atoms with Gasteiger partial charge in [-0.2, -0.15) is 4.98 Å². The van der Waals surface area contributed by atoms with E-state index in [-0.39, 0.29) is 22.6 Å². The van der Waals surface area contributed by atoms with E-state index in [2.05, 4.69) is 14.7 Å². The summed E-state index contributed by atoms with van der Waals surface area (Å²) in [7, 11) is 3.96. The molecule has 0 aromatic carbocycles. The summed E-state index contributed by atoms with van der Waals surface area (Å²) in [6, 6.07) is 0. The van der Waals surface area contributed by atoms with Gasteiger partial charge in [-0.1, -0.05) is 11.6 Å². The van der Waals surface area contributed by atoms with Gasteiger partial charge in [-0.25, -0.2) is 9.78 Å². The first kappa shape index (κ1) is 11.5. The molecule has 0 aliphatic rings. The number of esters is 1. The van der Waals surface area contributed by atoms with Crippen molar-refractivity contribution in [1.82, 2.24) is 9.97 Å². The molecule has 6 nitrogen and oxygen atoms in total. The Bertz CT molecular complexity index is 383. The minimum atomic E-state index is -0.677. The number of hydrogen-bond donors (Lipinski definition) is 0. The van der Waals surface area contributed by atoms with Gasteiger partial charge in [0.15, 0.2) is 5.15 Å². The number of nitrogens with zero attached hydrogens (tertiary/aromatic N) is 2. The van der Waals surface area contributed by atoms with Gasteiger partial charge in [-0.05, 0) is 0 Å². The molecule has 82 valence electrons. The molecule has 1 rings (SSSR count). The third-order valence-corrected chi connectivity index (χ3v) is 1.80. The fourth-order valence-corrected chi connectivity index (χ4v) is 1.09. The molecule has 1 heterocycles. The molecule has 0 atom stereocenters. The maximum Gasteiger partial charge on any atom is 0.362 e. The Hall–Kier alpha value is -1.56. The molecule has 0 bridgehead atoms. The van der Waals surface area contributed by atoms with Crippen molar-refractivity contribution >= 4 is 17.6 Å². The maximum atomic E-state index is 11.2. The van der Waals surface area contributed by atoms with Crippen LogP contribution in [-0.2, 0) is 4.74 Å². The van der Waals surface area contributed by atoms with Crippen LogP contribution < -0.4 is 9.47 Å². The predicted molar refractivity (Wildman–Crippen MR) is 51.5 cm³/mol. The quantitative estimate of drug-likeness (QED) is 0.722. The molecule has 0 aliphatic carbocycles. The van der Waals surface area contributed by atoms with Crippen LogP contribution in [0.15, 0.2) is 0 Å². The van der Waals surface area contributed by atoms with Gasteiger partial charge in [-0.15, -0.1) is 0 Å². The average Bonchev–Trinajstić information content (AvgIpc) is 2.27. The number of halogens is 1. The molecule has 0 saturated heterocycles. The molecule has 1 aromatic heterocycles. The van der Waals surface area contributed by atoms with Crippen LogP contribution in [0.2, 0.25) is 5.15 Å². The molecule has 0 aliphatic heterocycles. The number of methoxy groups -OCH3 is 3. The first-order valence-corrected chi connectivity index (χ1v) is 4.25. The number of carbonyl (C=O) groups excluding carboxylic acids is 1. The van der Waals surface area contributed by atoms with Gasteiger partial charge < -0.3 is 14.2 Å². The second kappa shape index (κ2) is 4.79. The van der Waals surface area contributed by atoms with E-state index >= 15 is 0 Å². The van der Waals surface area contributed by atoms with Crippen molar-refractivity contribution in [3.8, 4) is 11.8 Å². The van der Waals surface area contributed by atoms with E-state index in [9.17, 15) is 4.79 Å². The second-order valence-corrected chi connectivity index (χ2v) is 2.73. The summed E-state index contributed by atoms with van der Waals surface area (Å²) >= 11 is 5.70. The molecule has 1 aromatic rings. The molecule has 15 heavy (non-hydrogen) atoms. The maximum absolute atomic E-state index is 11.2. The van der Waals surface area contributed by atoms with E-state index in [1.165, 1.54) is 21.3 Å². The molecular weight excluding hydrogens is 224 g/mol. The van der Waals surface area contributed by atoms with Gasteiger partial charge in [0.05, 0.1) is 21.3 Å². The van der Waals surface area contributed by atoms with Crippen molar-refractivity contribution in [3.05, 3.63) is 10.8 Å². The number of ether oxygens (including phenoxy) is 3. The molecule has 0 spiro atoms. The molecule has 0 amide bonds. The third kappa shape index (κ3) is 2.27. The topological polar surface area (TPSA) is 70.5 Å². The monoisotopic (exact) mass is 232 g/mol. The van der Waals surface area contributed by atoms with E-state index < -0.39 is 5.97 Å². The number of rotatable bonds is 3. The van der Waals surface area contributed by atoms with Crippen molar-refractivity contribution in [2.45, 2.75) is 0 Å². The SMILES string of the molecule is COC(=O)c1nc(Cl)c(OC)nc1OC. The van der Waals surface area contributed by atoms with E-state index in [0.29, 0.717) is 0 Å². The number of carbonyl (C=O) groups is 1. The lowest BCUT2D eigenvalue weighted by Crippen LogP contribution is -2.09. The molecule has 0 fully saturated rings. The van der Waals surface area contributed by atoms with Gasteiger partial charge in [0.25, 0.3) is 11.8 Å². The highest BCUT2D eigenvalue weighted by Crippen LogP contribution is 2.25. The number of aromatic nitrogens is 2. The first-order chi connectivity index (χ1) is 7.13.